The predicted molar refractivity (Wildman–Crippen MR) is 66.5 cm³/mol. The van der Waals surface area contributed by atoms with E-state index in [2.05, 4.69) is 4.74 Å². The number of rotatable bonds is 3. The molecule has 0 saturated heterocycles. The van der Waals surface area contributed by atoms with Gasteiger partial charge in [-0.3, -0.25) is 0 Å². The molecule has 0 saturated carbocycles. The third-order valence-electron chi connectivity index (χ3n) is 2.33. The molecule has 1 aromatic carbocycles. The zero-order chi connectivity index (χ0) is 14.0. The number of thiophene rings is 1. The molecule has 0 aliphatic heterocycles. The molecule has 0 aliphatic rings. The molecule has 1 N–H and O–H groups in total. The fraction of sp³-hybridized carbons (Fsp3) is 0.167. The zero-order valence-electron chi connectivity index (χ0n) is 9.32. The van der Waals surface area contributed by atoms with Gasteiger partial charge in [-0.1, -0.05) is 29.8 Å². The summed E-state index contributed by atoms with van der Waals surface area (Å²) in [7, 11) is 0. The summed E-state index contributed by atoms with van der Waals surface area (Å²) >= 11 is 7.02. The number of hydrogen-bond acceptors (Lipinski definition) is 3. The lowest BCUT2D eigenvalue weighted by Gasteiger charge is -2.16. The van der Waals surface area contributed by atoms with Crippen molar-refractivity contribution in [1.29, 1.82) is 0 Å². The molecule has 1 heterocycles. The minimum Gasteiger partial charge on any atom is -0.405 e. The first kappa shape index (κ1) is 14.2. The van der Waals surface area contributed by atoms with Gasteiger partial charge in [-0.25, -0.2) is 0 Å². The second-order valence-electron chi connectivity index (χ2n) is 3.62. The topological polar surface area (TPSA) is 29.5 Å². The van der Waals surface area contributed by atoms with E-state index in [0.717, 1.165) is 17.4 Å². The van der Waals surface area contributed by atoms with Gasteiger partial charge in [-0.15, -0.1) is 24.5 Å². The van der Waals surface area contributed by atoms with Crippen LogP contribution in [0.25, 0.3) is 0 Å². The number of aliphatic hydroxyl groups excluding tert-OH is 1. The van der Waals surface area contributed by atoms with Crippen molar-refractivity contribution in [3.8, 4) is 5.75 Å². The van der Waals surface area contributed by atoms with Crippen molar-refractivity contribution in [2.75, 3.05) is 0 Å². The molecule has 19 heavy (non-hydrogen) atoms. The van der Waals surface area contributed by atoms with E-state index in [4.69, 9.17) is 11.6 Å². The van der Waals surface area contributed by atoms with Crippen molar-refractivity contribution in [3.05, 3.63) is 51.2 Å². The van der Waals surface area contributed by atoms with Crippen LogP contribution in [-0.2, 0) is 0 Å². The van der Waals surface area contributed by atoms with Gasteiger partial charge in [0.1, 0.15) is 11.9 Å². The van der Waals surface area contributed by atoms with Gasteiger partial charge >= 0.3 is 6.36 Å². The van der Waals surface area contributed by atoms with Crippen LogP contribution in [-0.4, -0.2) is 11.5 Å². The van der Waals surface area contributed by atoms with Crippen molar-refractivity contribution in [2.45, 2.75) is 12.5 Å². The van der Waals surface area contributed by atoms with Gasteiger partial charge in [0, 0.05) is 5.56 Å². The lowest BCUT2D eigenvalue weighted by molar-refractivity contribution is -0.275. The molecule has 2 aromatic rings. The highest BCUT2D eigenvalue weighted by atomic mass is 35.5. The Morgan fingerprint density at radius 2 is 1.89 bits per heavy atom. The van der Waals surface area contributed by atoms with Crippen LogP contribution in [0.2, 0.25) is 5.02 Å². The minimum absolute atomic E-state index is 0.0178. The fourth-order valence-corrected chi connectivity index (χ4v) is 2.73. The Kier molecular flexibility index (Phi) is 4.03. The Morgan fingerprint density at radius 1 is 1.21 bits per heavy atom. The van der Waals surface area contributed by atoms with Crippen LogP contribution in [0, 0.1) is 0 Å². The maximum Gasteiger partial charge on any atom is 0.573 e. The Labute approximate surface area is 116 Å². The number of benzene rings is 1. The number of aliphatic hydroxyl groups is 1. The second kappa shape index (κ2) is 5.40. The minimum atomic E-state index is -4.81. The summed E-state index contributed by atoms with van der Waals surface area (Å²) in [6, 6.07) is 6.99. The summed E-state index contributed by atoms with van der Waals surface area (Å²) in [6.07, 6.45) is -6.07. The van der Waals surface area contributed by atoms with Gasteiger partial charge in [-0.05, 0) is 17.5 Å². The molecular weight excluding hydrogens is 301 g/mol. The van der Waals surface area contributed by atoms with Gasteiger partial charge in [0.15, 0.2) is 0 Å². The highest BCUT2D eigenvalue weighted by Crippen LogP contribution is 2.38. The molecule has 7 heteroatoms. The number of ether oxygens (including phenoxy) is 1. The largest absolute Gasteiger partial charge is 0.573 e. The Morgan fingerprint density at radius 3 is 2.47 bits per heavy atom. The number of hydrogen-bond donors (Lipinski definition) is 1. The molecule has 0 bridgehead atoms. The van der Waals surface area contributed by atoms with Crippen LogP contribution < -0.4 is 4.74 Å². The van der Waals surface area contributed by atoms with E-state index < -0.39 is 18.2 Å². The zero-order valence-corrected chi connectivity index (χ0v) is 10.9. The van der Waals surface area contributed by atoms with Crippen LogP contribution in [0.5, 0.6) is 5.75 Å². The van der Waals surface area contributed by atoms with Crippen molar-refractivity contribution in [3.63, 3.8) is 0 Å². The summed E-state index contributed by atoms with van der Waals surface area (Å²) in [6.45, 7) is 0. The van der Waals surface area contributed by atoms with E-state index in [-0.39, 0.29) is 5.56 Å². The first-order chi connectivity index (χ1) is 8.88. The molecule has 2 nitrogen and oxygen atoms in total. The molecule has 0 spiro atoms. The van der Waals surface area contributed by atoms with Crippen molar-refractivity contribution in [1.82, 2.24) is 0 Å². The molecule has 0 aliphatic carbocycles. The standard InChI is InChI=1S/C12H8ClF3O2S/c13-8-5-6-19-11(8)10(17)7-3-1-2-4-9(7)18-12(14,15)16/h1-6,10,17H. The summed E-state index contributed by atoms with van der Waals surface area (Å²) in [5.74, 6) is -0.438. The SMILES string of the molecule is OC(c1ccccc1OC(F)(F)F)c1sccc1Cl. The van der Waals surface area contributed by atoms with E-state index in [1.54, 1.807) is 11.4 Å². The predicted octanol–water partition coefficient (Wildman–Crippen LogP) is 4.38. The van der Waals surface area contributed by atoms with Crippen molar-refractivity contribution in [2.24, 2.45) is 0 Å². The molecule has 102 valence electrons. The van der Waals surface area contributed by atoms with E-state index in [9.17, 15) is 18.3 Å². The smallest absolute Gasteiger partial charge is 0.405 e. The molecule has 2 rings (SSSR count). The third-order valence-corrected chi connectivity index (χ3v) is 3.74. The first-order valence-electron chi connectivity index (χ1n) is 5.14. The monoisotopic (exact) mass is 308 g/mol. The molecule has 0 amide bonds. The molecular formula is C12H8ClF3O2S. The second-order valence-corrected chi connectivity index (χ2v) is 4.98. The van der Waals surface area contributed by atoms with Crippen LogP contribution in [0.3, 0.4) is 0 Å². The lowest BCUT2D eigenvalue weighted by atomic mass is 10.1. The number of halogens is 4. The van der Waals surface area contributed by atoms with Gasteiger partial charge in [0.05, 0.1) is 9.90 Å². The Bertz CT molecular complexity index is 568. The summed E-state index contributed by atoms with van der Waals surface area (Å²) in [5.41, 5.74) is 0.0178. The van der Waals surface area contributed by atoms with Gasteiger partial charge in [-0.2, -0.15) is 0 Å². The van der Waals surface area contributed by atoms with E-state index in [1.807, 2.05) is 0 Å². The fourth-order valence-electron chi connectivity index (χ4n) is 1.57. The average molecular weight is 309 g/mol. The average Bonchev–Trinajstić information content (AvgIpc) is 2.73. The summed E-state index contributed by atoms with van der Waals surface area (Å²) in [5, 5.41) is 12.1. The molecule has 1 aromatic heterocycles. The molecule has 1 unspecified atom stereocenters. The van der Waals surface area contributed by atoms with Crippen LogP contribution in [0.15, 0.2) is 35.7 Å². The maximum atomic E-state index is 12.3. The Hall–Kier alpha value is -1.24. The van der Waals surface area contributed by atoms with Gasteiger partial charge in [0.25, 0.3) is 0 Å². The van der Waals surface area contributed by atoms with Gasteiger partial charge < -0.3 is 9.84 Å². The quantitative estimate of drug-likeness (QED) is 0.911. The van der Waals surface area contributed by atoms with Crippen molar-refractivity contribution < 1.29 is 23.0 Å². The van der Waals surface area contributed by atoms with Crippen LogP contribution in [0.1, 0.15) is 16.5 Å². The highest BCUT2D eigenvalue weighted by Gasteiger charge is 2.33. The summed E-state index contributed by atoms with van der Waals surface area (Å²) in [4.78, 5) is 0.375. The van der Waals surface area contributed by atoms with E-state index >= 15 is 0 Å². The lowest BCUT2D eigenvalue weighted by Crippen LogP contribution is -2.18. The van der Waals surface area contributed by atoms with Crippen molar-refractivity contribution >= 4 is 22.9 Å². The molecule has 0 radical (unpaired) electrons. The van der Waals surface area contributed by atoms with Crippen LogP contribution >= 0.6 is 22.9 Å². The van der Waals surface area contributed by atoms with Gasteiger partial charge in [0.2, 0.25) is 0 Å². The molecule has 0 fully saturated rings. The highest BCUT2D eigenvalue weighted by molar-refractivity contribution is 7.10. The van der Waals surface area contributed by atoms with Crippen LogP contribution in [0.4, 0.5) is 13.2 Å². The first-order valence-corrected chi connectivity index (χ1v) is 6.40. The normalized spacial score (nSPS) is 13.3. The summed E-state index contributed by atoms with van der Waals surface area (Å²) < 4.78 is 40.7. The maximum absolute atomic E-state index is 12.3. The number of alkyl halides is 3. The Balaban J connectivity index is 2.37. The molecule has 1 atom stereocenters. The number of para-hydroxylation sites is 1. The van der Waals surface area contributed by atoms with E-state index in [1.165, 1.54) is 18.2 Å². The van der Waals surface area contributed by atoms with E-state index in [0.29, 0.717) is 9.90 Å². The third kappa shape index (κ3) is 3.40.